The van der Waals surface area contributed by atoms with Crippen molar-refractivity contribution < 1.29 is 4.74 Å². The van der Waals surface area contributed by atoms with E-state index in [4.69, 9.17) is 4.74 Å². The highest BCUT2D eigenvalue weighted by molar-refractivity contribution is 5.89. The predicted molar refractivity (Wildman–Crippen MR) is 151 cm³/mol. The average molecular weight is 515 g/mol. The maximum atomic E-state index is 12.7. The molecular weight excluding hydrogens is 476 g/mol. The van der Waals surface area contributed by atoms with E-state index in [1.165, 1.54) is 37.4 Å². The van der Waals surface area contributed by atoms with Gasteiger partial charge in [0, 0.05) is 101 Å². The van der Waals surface area contributed by atoms with Crippen molar-refractivity contribution in [1.82, 2.24) is 19.4 Å². The summed E-state index contributed by atoms with van der Waals surface area (Å²) in [6, 6.07) is 15.1. The second kappa shape index (κ2) is 9.07. The molecule has 1 spiro atoms. The zero-order valence-corrected chi connectivity index (χ0v) is 22.7. The summed E-state index contributed by atoms with van der Waals surface area (Å²) in [5, 5.41) is 1.02. The second-order valence-corrected chi connectivity index (χ2v) is 12.3. The minimum absolute atomic E-state index is 0.0252. The molecule has 2 aromatic heterocycles. The average Bonchev–Trinajstić information content (AvgIpc) is 2.84. The van der Waals surface area contributed by atoms with Crippen LogP contribution in [0, 0.1) is 5.41 Å². The van der Waals surface area contributed by atoms with Crippen LogP contribution in [0.3, 0.4) is 0 Å². The van der Waals surface area contributed by atoms with Crippen molar-refractivity contribution in [3.05, 3.63) is 64.6 Å². The fourth-order valence-corrected chi connectivity index (χ4v) is 7.28. The smallest absolute Gasteiger partial charge is 0.253 e. The first-order valence-corrected chi connectivity index (χ1v) is 14.0. The van der Waals surface area contributed by atoms with E-state index in [0.29, 0.717) is 11.3 Å². The molecule has 1 aromatic carbocycles. The van der Waals surface area contributed by atoms with Gasteiger partial charge in [-0.05, 0) is 43.8 Å². The van der Waals surface area contributed by atoms with Crippen molar-refractivity contribution in [1.29, 1.82) is 0 Å². The van der Waals surface area contributed by atoms with Gasteiger partial charge >= 0.3 is 0 Å². The van der Waals surface area contributed by atoms with Gasteiger partial charge in [0.25, 0.3) is 5.56 Å². The molecule has 4 aliphatic heterocycles. The molecule has 0 bridgehead atoms. The minimum atomic E-state index is -0.0252. The zero-order chi connectivity index (χ0) is 26.0. The fraction of sp³-hybridized carbons (Fsp3) is 0.533. The van der Waals surface area contributed by atoms with E-state index in [0.717, 1.165) is 49.4 Å². The van der Waals surface area contributed by atoms with E-state index in [9.17, 15) is 4.79 Å². The molecule has 6 heterocycles. The molecule has 3 aromatic rings. The van der Waals surface area contributed by atoms with Crippen LogP contribution in [0.4, 0.5) is 11.4 Å². The van der Waals surface area contributed by atoms with Crippen molar-refractivity contribution in [3.63, 3.8) is 0 Å². The van der Waals surface area contributed by atoms with Gasteiger partial charge in [-0.25, -0.2) is 4.98 Å². The number of fused-ring (bicyclic) bond motifs is 1. The van der Waals surface area contributed by atoms with Crippen LogP contribution in [0.15, 0.2) is 53.5 Å². The number of nitrogens with zero attached hydrogens (tertiary/aromatic N) is 6. The summed E-state index contributed by atoms with van der Waals surface area (Å²) in [6.07, 6.45) is 1.97. The minimum Gasteiger partial charge on any atom is -0.370 e. The normalized spacial score (nSPS) is 25.9. The first-order valence-electron chi connectivity index (χ1n) is 14.0. The molecule has 8 nitrogen and oxygen atoms in total. The Labute approximate surface area is 224 Å². The number of hydrogen-bond donors (Lipinski definition) is 0. The maximum Gasteiger partial charge on any atom is 0.253 e. The van der Waals surface area contributed by atoms with E-state index < -0.39 is 0 Å². The van der Waals surface area contributed by atoms with E-state index in [-0.39, 0.29) is 17.8 Å². The van der Waals surface area contributed by atoms with Gasteiger partial charge in [-0.15, -0.1) is 0 Å². The van der Waals surface area contributed by atoms with Crippen molar-refractivity contribution >= 4 is 22.4 Å². The van der Waals surface area contributed by atoms with Gasteiger partial charge in [0.05, 0.1) is 17.9 Å². The molecule has 200 valence electrons. The van der Waals surface area contributed by atoms with Gasteiger partial charge < -0.3 is 19.4 Å². The zero-order valence-electron chi connectivity index (χ0n) is 22.7. The van der Waals surface area contributed by atoms with E-state index in [2.05, 4.69) is 68.9 Å². The van der Waals surface area contributed by atoms with Crippen molar-refractivity contribution in [2.45, 2.75) is 25.0 Å². The number of aromatic nitrogens is 2. The van der Waals surface area contributed by atoms with E-state index >= 15 is 0 Å². The summed E-state index contributed by atoms with van der Waals surface area (Å²) in [4.78, 5) is 26.9. The Hall–Kier alpha value is -2.94. The quantitative estimate of drug-likeness (QED) is 0.518. The van der Waals surface area contributed by atoms with Gasteiger partial charge in [-0.3, -0.25) is 14.3 Å². The van der Waals surface area contributed by atoms with Crippen LogP contribution in [-0.2, 0) is 11.8 Å². The van der Waals surface area contributed by atoms with Crippen LogP contribution in [0.2, 0.25) is 0 Å². The van der Waals surface area contributed by atoms with Crippen LogP contribution in [0.1, 0.15) is 18.4 Å². The van der Waals surface area contributed by atoms with Crippen LogP contribution in [0.5, 0.6) is 0 Å². The molecular formula is C30H38N6O2. The van der Waals surface area contributed by atoms with Crippen molar-refractivity contribution in [2.75, 3.05) is 75.8 Å². The summed E-state index contributed by atoms with van der Waals surface area (Å²) in [7, 11) is 4.00. The van der Waals surface area contributed by atoms with Gasteiger partial charge in [0.15, 0.2) is 0 Å². The second-order valence-electron chi connectivity index (χ2n) is 12.3. The lowest BCUT2D eigenvalue weighted by Gasteiger charge is -2.60. The third-order valence-electron chi connectivity index (χ3n) is 9.05. The number of morpholine rings is 1. The SMILES string of the molecule is C[C@@H]1CN(c2cc(=O)n(C)c3ncccc23)C[C@H](CN2CC(c3ccc(N4CC5(CN(C)C5)C4)cc3)C2)O1. The molecule has 0 N–H and O–H groups in total. The van der Waals surface area contributed by atoms with Crippen LogP contribution >= 0.6 is 0 Å². The number of rotatable bonds is 5. The molecule has 8 heteroatoms. The number of pyridine rings is 2. The highest BCUT2D eigenvalue weighted by Crippen LogP contribution is 2.41. The fourth-order valence-electron chi connectivity index (χ4n) is 7.28. The number of benzene rings is 1. The lowest BCUT2D eigenvalue weighted by molar-refractivity contribution is -0.0434. The molecule has 2 atom stereocenters. The Morgan fingerprint density at radius 1 is 0.974 bits per heavy atom. The van der Waals surface area contributed by atoms with Crippen molar-refractivity contribution in [2.24, 2.45) is 12.5 Å². The number of anilines is 2. The Bertz CT molecular complexity index is 1380. The number of hydrogen-bond acceptors (Lipinski definition) is 7. The largest absolute Gasteiger partial charge is 0.370 e. The van der Waals surface area contributed by atoms with E-state index in [1.807, 2.05) is 6.07 Å². The molecule has 0 aliphatic carbocycles. The Kier molecular flexibility index (Phi) is 5.76. The highest BCUT2D eigenvalue weighted by atomic mass is 16.5. The highest BCUT2D eigenvalue weighted by Gasteiger charge is 2.50. The number of aryl methyl sites for hydroxylation is 1. The molecule has 38 heavy (non-hydrogen) atoms. The first kappa shape index (κ1) is 24.1. The lowest BCUT2D eigenvalue weighted by atomic mass is 9.73. The number of ether oxygens (including phenoxy) is 1. The molecule has 0 radical (unpaired) electrons. The Balaban J connectivity index is 0.961. The number of likely N-dealkylation sites (tertiary alicyclic amines) is 2. The topological polar surface area (TPSA) is 57.1 Å². The molecule has 0 amide bonds. The lowest BCUT2D eigenvalue weighted by Crippen LogP contribution is -2.71. The van der Waals surface area contributed by atoms with Gasteiger partial charge in [-0.2, -0.15) is 0 Å². The van der Waals surface area contributed by atoms with Gasteiger partial charge in [0.1, 0.15) is 5.65 Å². The summed E-state index contributed by atoms with van der Waals surface area (Å²) >= 11 is 0. The van der Waals surface area contributed by atoms with Crippen LogP contribution in [-0.4, -0.2) is 97.5 Å². The van der Waals surface area contributed by atoms with Gasteiger partial charge in [-0.1, -0.05) is 12.1 Å². The van der Waals surface area contributed by atoms with Gasteiger partial charge in [0.2, 0.25) is 0 Å². The summed E-state index contributed by atoms with van der Waals surface area (Å²) in [5.74, 6) is 0.594. The molecule has 7 rings (SSSR count). The Morgan fingerprint density at radius 2 is 1.74 bits per heavy atom. The summed E-state index contributed by atoms with van der Waals surface area (Å²) in [6.45, 7) is 11.7. The molecule has 0 saturated carbocycles. The predicted octanol–water partition coefficient (Wildman–Crippen LogP) is 2.38. The molecule has 4 aliphatic rings. The van der Waals surface area contributed by atoms with E-state index in [1.54, 1.807) is 23.9 Å². The molecule has 4 fully saturated rings. The van der Waals surface area contributed by atoms with Crippen LogP contribution < -0.4 is 15.4 Å². The summed E-state index contributed by atoms with van der Waals surface area (Å²) in [5.41, 5.74) is 5.05. The van der Waals surface area contributed by atoms with Crippen molar-refractivity contribution in [3.8, 4) is 0 Å². The molecule has 0 unspecified atom stereocenters. The monoisotopic (exact) mass is 514 g/mol. The Morgan fingerprint density at radius 3 is 2.47 bits per heavy atom. The maximum absolute atomic E-state index is 12.7. The summed E-state index contributed by atoms with van der Waals surface area (Å²) < 4.78 is 7.98. The molecule has 4 saturated heterocycles. The third kappa shape index (κ3) is 4.19. The third-order valence-corrected chi connectivity index (χ3v) is 9.05. The first-order chi connectivity index (χ1) is 18.4. The standard InChI is InChI=1S/C30H38N6O2/c1-21-12-35(27-11-28(37)33(3)29-26(27)5-4-10-31-29)16-25(38-21)15-34-13-23(14-34)22-6-8-24(9-7-22)36-19-30(20-36)17-32(2)18-30/h4-11,21,23,25H,12-20H2,1-3H3/t21-,25+/m1/s1. The van der Waals surface area contributed by atoms with Crippen LogP contribution in [0.25, 0.3) is 11.0 Å².